The molecular formula is C17H24ClN3O. The monoisotopic (exact) mass is 321 g/mol. The van der Waals surface area contributed by atoms with Crippen LogP contribution in [-0.4, -0.2) is 17.5 Å². The fourth-order valence-electron chi connectivity index (χ4n) is 3.34. The lowest BCUT2D eigenvalue weighted by Crippen LogP contribution is -2.57. The maximum absolute atomic E-state index is 12.3. The quantitative estimate of drug-likeness (QED) is 0.507. The van der Waals surface area contributed by atoms with Gasteiger partial charge in [0, 0.05) is 16.3 Å². The number of anilines is 1. The van der Waals surface area contributed by atoms with Crippen molar-refractivity contribution in [2.45, 2.75) is 52.1 Å². The fraction of sp³-hybridized carbons (Fsp3) is 0.471. The molecule has 0 aliphatic carbocycles. The molecule has 0 fully saturated rings. The third-order valence-electron chi connectivity index (χ3n) is 4.15. The summed E-state index contributed by atoms with van der Waals surface area (Å²) < 4.78 is 0. The number of hydrogen-bond donors (Lipinski definition) is 2. The van der Waals surface area contributed by atoms with Crippen molar-refractivity contribution in [2.24, 2.45) is 5.84 Å². The molecule has 1 aromatic carbocycles. The number of halogens is 1. The Kier molecular flexibility index (Phi) is 4.83. The highest BCUT2D eigenvalue weighted by atomic mass is 35.5. The number of carbonyl (C=O) groups is 1. The number of hydrazine groups is 1. The highest BCUT2D eigenvalue weighted by Crippen LogP contribution is 2.41. The van der Waals surface area contributed by atoms with Crippen molar-refractivity contribution < 1.29 is 4.79 Å². The van der Waals surface area contributed by atoms with Crippen LogP contribution in [0.2, 0.25) is 5.02 Å². The number of allylic oxidation sites excluding steroid dienone is 1. The molecule has 3 N–H and O–H groups in total. The zero-order chi connectivity index (χ0) is 16.5. The van der Waals surface area contributed by atoms with Gasteiger partial charge in [0.1, 0.15) is 6.04 Å². The van der Waals surface area contributed by atoms with Crippen LogP contribution >= 0.6 is 11.6 Å². The number of hydrogen-bond acceptors (Lipinski definition) is 3. The second-order valence-corrected chi connectivity index (χ2v) is 6.76. The number of rotatable bonds is 4. The number of nitrogens with zero attached hydrogens (tertiary/aromatic N) is 1. The zero-order valence-corrected chi connectivity index (χ0v) is 14.4. The summed E-state index contributed by atoms with van der Waals surface area (Å²) in [6, 6.07) is 5.50. The summed E-state index contributed by atoms with van der Waals surface area (Å²) in [5, 5.41) is 0.696. The SMILES string of the molecule is CCCC(C(=O)NN)N1c2ccc(Cl)cc2C(C)=CC1(C)C. The molecule has 120 valence electrons. The average molecular weight is 322 g/mol. The highest BCUT2D eigenvalue weighted by Gasteiger charge is 2.38. The van der Waals surface area contributed by atoms with Crippen LogP contribution in [-0.2, 0) is 4.79 Å². The van der Waals surface area contributed by atoms with E-state index in [1.165, 1.54) is 5.57 Å². The van der Waals surface area contributed by atoms with Gasteiger partial charge in [0.15, 0.2) is 0 Å². The largest absolute Gasteiger partial charge is 0.350 e. The second-order valence-electron chi connectivity index (χ2n) is 6.33. The van der Waals surface area contributed by atoms with Crippen LogP contribution in [0.1, 0.15) is 46.1 Å². The Morgan fingerprint density at radius 1 is 1.45 bits per heavy atom. The lowest BCUT2D eigenvalue weighted by Gasteiger charge is -2.47. The van der Waals surface area contributed by atoms with Gasteiger partial charge < -0.3 is 4.90 Å². The van der Waals surface area contributed by atoms with Gasteiger partial charge in [-0.1, -0.05) is 31.0 Å². The molecule has 5 heteroatoms. The maximum Gasteiger partial charge on any atom is 0.256 e. The van der Waals surface area contributed by atoms with Crippen molar-refractivity contribution in [3.05, 3.63) is 34.9 Å². The number of fused-ring (bicyclic) bond motifs is 1. The first kappa shape index (κ1) is 16.8. The van der Waals surface area contributed by atoms with E-state index in [0.717, 1.165) is 24.1 Å². The molecule has 0 saturated heterocycles. The zero-order valence-electron chi connectivity index (χ0n) is 13.6. The average Bonchev–Trinajstić information content (AvgIpc) is 2.45. The molecule has 1 aliphatic heterocycles. The van der Waals surface area contributed by atoms with Crippen LogP contribution in [0.5, 0.6) is 0 Å². The smallest absolute Gasteiger partial charge is 0.256 e. The van der Waals surface area contributed by atoms with Crippen molar-refractivity contribution in [1.82, 2.24) is 5.43 Å². The minimum absolute atomic E-state index is 0.163. The Morgan fingerprint density at radius 3 is 2.73 bits per heavy atom. The highest BCUT2D eigenvalue weighted by molar-refractivity contribution is 6.30. The van der Waals surface area contributed by atoms with Crippen molar-refractivity contribution in [1.29, 1.82) is 0 Å². The Labute approximate surface area is 137 Å². The summed E-state index contributed by atoms with van der Waals surface area (Å²) >= 11 is 6.15. The van der Waals surface area contributed by atoms with E-state index in [-0.39, 0.29) is 17.5 Å². The molecular weight excluding hydrogens is 298 g/mol. The molecule has 1 aliphatic rings. The summed E-state index contributed by atoms with van der Waals surface area (Å²) in [4.78, 5) is 14.5. The molecule has 0 aromatic heterocycles. The predicted octanol–water partition coefficient (Wildman–Crippen LogP) is 3.50. The van der Waals surface area contributed by atoms with Gasteiger partial charge in [0.05, 0.1) is 5.54 Å². The third-order valence-corrected chi connectivity index (χ3v) is 4.39. The van der Waals surface area contributed by atoms with Crippen LogP contribution in [0.25, 0.3) is 5.57 Å². The van der Waals surface area contributed by atoms with E-state index in [0.29, 0.717) is 5.02 Å². The Bertz CT molecular complexity index is 610. The van der Waals surface area contributed by atoms with E-state index < -0.39 is 0 Å². The first-order valence-electron chi connectivity index (χ1n) is 7.61. The van der Waals surface area contributed by atoms with E-state index in [1.54, 1.807) is 0 Å². The Morgan fingerprint density at radius 2 is 2.14 bits per heavy atom. The van der Waals surface area contributed by atoms with Crippen molar-refractivity contribution in [3.8, 4) is 0 Å². The summed E-state index contributed by atoms with van der Waals surface area (Å²) in [5.41, 5.74) is 5.29. The van der Waals surface area contributed by atoms with Gasteiger partial charge in [0.2, 0.25) is 0 Å². The van der Waals surface area contributed by atoms with E-state index in [9.17, 15) is 4.79 Å². The molecule has 1 aromatic rings. The van der Waals surface area contributed by atoms with E-state index in [4.69, 9.17) is 17.4 Å². The molecule has 4 nitrogen and oxygen atoms in total. The topological polar surface area (TPSA) is 58.4 Å². The summed E-state index contributed by atoms with van der Waals surface area (Å²) in [6.45, 7) is 8.37. The van der Waals surface area contributed by atoms with Gasteiger partial charge in [-0.2, -0.15) is 0 Å². The molecule has 1 atom stereocenters. The van der Waals surface area contributed by atoms with E-state index >= 15 is 0 Å². The molecule has 1 unspecified atom stereocenters. The van der Waals surface area contributed by atoms with Gasteiger partial charge in [-0.3, -0.25) is 10.2 Å². The lowest BCUT2D eigenvalue weighted by atomic mass is 9.86. The number of nitrogens with one attached hydrogen (secondary N) is 1. The van der Waals surface area contributed by atoms with Crippen LogP contribution in [0.4, 0.5) is 5.69 Å². The predicted molar refractivity (Wildman–Crippen MR) is 92.7 cm³/mol. The lowest BCUT2D eigenvalue weighted by molar-refractivity contribution is -0.122. The van der Waals surface area contributed by atoms with Crippen LogP contribution < -0.4 is 16.2 Å². The van der Waals surface area contributed by atoms with Gasteiger partial charge in [-0.15, -0.1) is 0 Å². The van der Waals surface area contributed by atoms with Crippen molar-refractivity contribution in [3.63, 3.8) is 0 Å². The van der Waals surface area contributed by atoms with Gasteiger partial charge in [0.25, 0.3) is 5.91 Å². The van der Waals surface area contributed by atoms with Gasteiger partial charge >= 0.3 is 0 Å². The molecule has 0 bridgehead atoms. The van der Waals surface area contributed by atoms with Gasteiger partial charge in [-0.25, -0.2) is 5.84 Å². The summed E-state index contributed by atoms with van der Waals surface area (Å²) in [5.74, 6) is 5.24. The molecule has 2 rings (SSSR count). The van der Waals surface area contributed by atoms with Crippen LogP contribution in [0.15, 0.2) is 24.3 Å². The number of nitrogens with two attached hydrogens (primary N) is 1. The summed E-state index contributed by atoms with van der Waals surface area (Å²) in [7, 11) is 0. The van der Waals surface area contributed by atoms with E-state index in [2.05, 4.69) is 44.1 Å². The normalized spacial score (nSPS) is 17.5. The molecule has 0 radical (unpaired) electrons. The van der Waals surface area contributed by atoms with Crippen LogP contribution in [0, 0.1) is 0 Å². The maximum atomic E-state index is 12.3. The van der Waals surface area contributed by atoms with Crippen molar-refractivity contribution in [2.75, 3.05) is 4.90 Å². The fourth-order valence-corrected chi connectivity index (χ4v) is 3.51. The number of carbonyl (C=O) groups excluding carboxylic acids is 1. The second kappa shape index (κ2) is 6.31. The molecule has 1 heterocycles. The molecule has 1 amide bonds. The van der Waals surface area contributed by atoms with Crippen LogP contribution in [0.3, 0.4) is 0 Å². The molecule has 22 heavy (non-hydrogen) atoms. The van der Waals surface area contributed by atoms with Gasteiger partial charge in [-0.05, 0) is 51.0 Å². The third kappa shape index (κ3) is 2.99. The van der Waals surface area contributed by atoms with E-state index in [1.807, 2.05) is 18.2 Å². The number of benzene rings is 1. The van der Waals surface area contributed by atoms with Crippen molar-refractivity contribution >= 4 is 28.8 Å². The Hall–Kier alpha value is -1.52. The minimum Gasteiger partial charge on any atom is -0.350 e. The molecule has 0 spiro atoms. The number of amides is 1. The minimum atomic E-state index is -0.311. The summed E-state index contributed by atoms with van der Waals surface area (Å²) in [6.07, 6.45) is 3.82. The Balaban J connectivity index is 2.60. The first-order chi connectivity index (χ1) is 10.3. The molecule has 0 saturated carbocycles. The first-order valence-corrected chi connectivity index (χ1v) is 7.98. The standard InChI is InChI=1S/C17H24ClN3O/c1-5-6-15(16(22)20-19)21-14-8-7-12(18)9-13(14)11(2)10-17(21,3)4/h7-10,15H,5-6,19H2,1-4H3,(H,20,22).